The third kappa shape index (κ3) is 2.49. The molecule has 2 aliphatic heterocycles. The van der Waals surface area contributed by atoms with Crippen molar-refractivity contribution >= 4 is 23.6 Å². The highest BCUT2D eigenvalue weighted by Crippen LogP contribution is 2.40. The summed E-state index contributed by atoms with van der Waals surface area (Å²) in [5.41, 5.74) is 0. The summed E-state index contributed by atoms with van der Waals surface area (Å²) in [6.07, 6.45) is 4.51. The van der Waals surface area contributed by atoms with E-state index in [4.69, 9.17) is 0 Å². The Morgan fingerprint density at radius 2 is 2.16 bits per heavy atom. The molecule has 0 radical (unpaired) electrons. The Balaban J connectivity index is 1.76. The average Bonchev–Trinajstić information content (AvgIpc) is 3.13. The molecule has 2 heterocycles. The first kappa shape index (κ1) is 13.3. The zero-order valence-electron chi connectivity index (χ0n) is 11.6. The molecule has 3 aliphatic rings. The number of carbonyl (C=O) groups excluding carboxylic acids is 2. The minimum absolute atomic E-state index is 0.0168. The summed E-state index contributed by atoms with van der Waals surface area (Å²) in [6, 6.07) is -0.570. The standard InChI is InChI=1S/C14H22N2O2S/c1-9-12(17)15-11(10-4-5-10)13(18)16(9)8-14(2)6-3-7-19-14/h9-11H,3-8H2,1-2H3,(H,15,17). The van der Waals surface area contributed by atoms with Crippen LogP contribution in [0.3, 0.4) is 0 Å². The first-order valence-electron chi connectivity index (χ1n) is 7.25. The minimum atomic E-state index is -0.319. The Morgan fingerprint density at radius 1 is 1.42 bits per heavy atom. The molecule has 0 spiro atoms. The largest absolute Gasteiger partial charge is 0.342 e. The third-order valence-electron chi connectivity index (χ3n) is 4.59. The maximum absolute atomic E-state index is 12.6. The summed E-state index contributed by atoms with van der Waals surface area (Å²) in [7, 11) is 0. The van der Waals surface area contributed by atoms with Crippen LogP contribution in [0.25, 0.3) is 0 Å². The van der Waals surface area contributed by atoms with Crippen LogP contribution < -0.4 is 5.32 Å². The van der Waals surface area contributed by atoms with Crippen molar-refractivity contribution in [2.45, 2.75) is 56.4 Å². The number of carbonyl (C=O) groups is 2. The molecule has 5 heteroatoms. The van der Waals surface area contributed by atoms with Gasteiger partial charge < -0.3 is 10.2 Å². The van der Waals surface area contributed by atoms with Gasteiger partial charge in [0.15, 0.2) is 0 Å². The molecular weight excluding hydrogens is 260 g/mol. The van der Waals surface area contributed by atoms with Crippen LogP contribution in [-0.4, -0.2) is 45.8 Å². The van der Waals surface area contributed by atoms with Crippen molar-refractivity contribution in [2.24, 2.45) is 5.92 Å². The van der Waals surface area contributed by atoms with E-state index in [1.165, 1.54) is 12.2 Å². The van der Waals surface area contributed by atoms with E-state index in [1.807, 2.05) is 23.6 Å². The van der Waals surface area contributed by atoms with Gasteiger partial charge in [-0.15, -0.1) is 0 Å². The third-order valence-corrected chi connectivity index (χ3v) is 6.12. The molecule has 0 aromatic carbocycles. The van der Waals surface area contributed by atoms with Crippen LogP contribution in [0.15, 0.2) is 0 Å². The van der Waals surface area contributed by atoms with Gasteiger partial charge in [0.1, 0.15) is 12.1 Å². The van der Waals surface area contributed by atoms with E-state index in [1.54, 1.807) is 0 Å². The molecule has 2 saturated heterocycles. The van der Waals surface area contributed by atoms with Crippen molar-refractivity contribution in [3.05, 3.63) is 0 Å². The molecule has 0 bridgehead atoms. The molecule has 3 unspecified atom stereocenters. The quantitative estimate of drug-likeness (QED) is 0.851. The highest BCUT2D eigenvalue weighted by atomic mass is 32.2. The van der Waals surface area contributed by atoms with Crippen LogP contribution in [0.2, 0.25) is 0 Å². The molecule has 2 amide bonds. The van der Waals surface area contributed by atoms with Crippen LogP contribution in [0.1, 0.15) is 39.5 Å². The number of nitrogens with zero attached hydrogens (tertiary/aromatic N) is 1. The summed E-state index contributed by atoms with van der Waals surface area (Å²) in [5, 5.41) is 2.91. The summed E-state index contributed by atoms with van der Waals surface area (Å²) in [4.78, 5) is 26.5. The van der Waals surface area contributed by atoms with E-state index in [0.717, 1.165) is 19.3 Å². The Hall–Kier alpha value is -0.710. The zero-order valence-corrected chi connectivity index (χ0v) is 12.5. The second-order valence-electron chi connectivity index (χ2n) is 6.37. The summed E-state index contributed by atoms with van der Waals surface area (Å²) in [6.45, 7) is 4.79. The topological polar surface area (TPSA) is 49.4 Å². The monoisotopic (exact) mass is 282 g/mol. The van der Waals surface area contributed by atoms with Crippen molar-refractivity contribution < 1.29 is 9.59 Å². The fraction of sp³-hybridized carbons (Fsp3) is 0.857. The SMILES string of the molecule is CC1C(=O)NC(C2CC2)C(=O)N1CC1(C)CCCS1. The van der Waals surface area contributed by atoms with Crippen LogP contribution in [-0.2, 0) is 9.59 Å². The lowest BCUT2D eigenvalue weighted by Crippen LogP contribution is -2.64. The molecule has 4 nitrogen and oxygen atoms in total. The molecule has 3 atom stereocenters. The van der Waals surface area contributed by atoms with E-state index in [9.17, 15) is 9.59 Å². The first-order valence-corrected chi connectivity index (χ1v) is 8.23. The van der Waals surface area contributed by atoms with Gasteiger partial charge in [-0.2, -0.15) is 11.8 Å². The van der Waals surface area contributed by atoms with Crippen molar-refractivity contribution in [2.75, 3.05) is 12.3 Å². The number of nitrogens with one attached hydrogen (secondary N) is 1. The lowest BCUT2D eigenvalue weighted by molar-refractivity contribution is -0.149. The van der Waals surface area contributed by atoms with Crippen molar-refractivity contribution in [1.82, 2.24) is 10.2 Å². The molecule has 1 aliphatic carbocycles. The fourth-order valence-corrected chi connectivity index (χ4v) is 4.43. The van der Waals surface area contributed by atoms with E-state index < -0.39 is 0 Å². The minimum Gasteiger partial charge on any atom is -0.342 e. The number of amides is 2. The molecule has 0 aromatic heterocycles. The van der Waals surface area contributed by atoms with Crippen LogP contribution in [0.5, 0.6) is 0 Å². The molecule has 3 fully saturated rings. The summed E-state index contributed by atoms with van der Waals surface area (Å²) in [5.74, 6) is 1.72. The molecule has 1 saturated carbocycles. The molecule has 3 rings (SSSR count). The van der Waals surface area contributed by atoms with Gasteiger partial charge in [0, 0.05) is 11.3 Å². The summed E-state index contributed by atoms with van der Waals surface area (Å²) >= 11 is 1.94. The number of hydrogen-bond acceptors (Lipinski definition) is 3. The van der Waals surface area contributed by atoms with Crippen LogP contribution in [0.4, 0.5) is 0 Å². The highest BCUT2D eigenvalue weighted by molar-refractivity contribution is 8.00. The summed E-state index contributed by atoms with van der Waals surface area (Å²) < 4.78 is 0.135. The number of hydrogen-bond donors (Lipinski definition) is 1. The van der Waals surface area contributed by atoms with E-state index in [0.29, 0.717) is 12.5 Å². The zero-order chi connectivity index (χ0) is 13.6. The average molecular weight is 282 g/mol. The lowest BCUT2D eigenvalue weighted by Gasteiger charge is -2.41. The van der Waals surface area contributed by atoms with E-state index in [2.05, 4.69) is 12.2 Å². The number of thioether (sulfide) groups is 1. The Morgan fingerprint density at radius 3 is 2.74 bits per heavy atom. The van der Waals surface area contributed by atoms with Crippen molar-refractivity contribution in [3.63, 3.8) is 0 Å². The smallest absolute Gasteiger partial charge is 0.246 e. The van der Waals surface area contributed by atoms with Gasteiger partial charge in [-0.1, -0.05) is 0 Å². The maximum atomic E-state index is 12.6. The lowest BCUT2D eigenvalue weighted by atomic mass is 9.99. The van der Waals surface area contributed by atoms with Gasteiger partial charge in [0.05, 0.1) is 0 Å². The first-order chi connectivity index (χ1) is 9.00. The molecule has 106 valence electrons. The van der Waals surface area contributed by atoms with Crippen LogP contribution >= 0.6 is 11.8 Å². The Labute approximate surface area is 118 Å². The number of rotatable bonds is 3. The van der Waals surface area contributed by atoms with Gasteiger partial charge in [-0.25, -0.2) is 0 Å². The Kier molecular flexibility index (Phi) is 3.28. The Bertz CT molecular complexity index is 402. The maximum Gasteiger partial charge on any atom is 0.246 e. The molecular formula is C14H22N2O2S. The van der Waals surface area contributed by atoms with Crippen molar-refractivity contribution in [1.29, 1.82) is 0 Å². The van der Waals surface area contributed by atoms with Gasteiger partial charge in [0.25, 0.3) is 0 Å². The number of piperazine rings is 1. The second-order valence-corrected chi connectivity index (χ2v) is 8.05. The second kappa shape index (κ2) is 4.69. The molecule has 19 heavy (non-hydrogen) atoms. The normalized spacial score (nSPS) is 39.6. The van der Waals surface area contributed by atoms with E-state index >= 15 is 0 Å². The van der Waals surface area contributed by atoms with Gasteiger partial charge in [-0.05, 0) is 51.2 Å². The highest BCUT2D eigenvalue weighted by Gasteiger charge is 2.47. The van der Waals surface area contributed by atoms with Gasteiger partial charge in [-0.3, -0.25) is 9.59 Å². The molecule has 1 N–H and O–H groups in total. The molecule has 0 aromatic rings. The van der Waals surface area contributed by atoms with Gasteiger partial charge in [0.2, 0.25) is 11.8 Å². The van der Waals surface area contributed by atoms with E-state index in [-0.39, 0.29) is 28.6 Å². The predicted molar refractivity (Wildman–Crippen MR) is 75.9 cm³/mol. The predicted octanol–water partition coefficient (Wildman–Crippen LogP) is 1.40. The fourth-order valence-electron chi connectivity index (χ4n) is 3.13. The van der Waals surface area contributed by atoms with Gasteiger partial charge >= 0.3 is 0 Å². The van der Waals surface area contributed by atoms with Crippen molar-refractivity contribution in [3.8, 4) is 0 Å². The van der Waals surface area contributed by atoms with Crippen LogP contribution in [0, 0.1) is 5.92 Å².